The molecule has 0 aliphatic rings. The number of fused-ring (bicyclic) bond motifs is 5. The van der Waals surface area contributed by atoms with E-state index in [1.165, 1.54) is 16.5 Å². The van der Waals surface area contributed by atoms with Crippen molar-refractivity contribution in [2.45, 2.75) is 0 Å². The van der Waals surface area contributed by atoms with Crippen molar-refractivity contribution < 1.29 is 4.42 Å². The van der Waals surface area contributed by atoms with Gasteiger partial charge in [0.05, 0.1) is 5.69 Å². The van der Waals surface area contributed by atoms with Crippen molar-refractivity contribution in [3.63, 3.8) is 0 Å². The molecular formula is C53H34N4O. The van der Waals surface area contributed by atoms with Crippen LogP contribution < -0.4 is 4.90 Å². The van der Waals surface area contributed by atoms with Crippen molar-refractivity contribution >= 4 is 60.5 Å². The minimum absolute atomic E-state index is 0.565. The third-order valence-corrected chi connectivity index (χ3v) is 10.9. The lowest BCUT2D eigenvalue weighted by Gasteiger charge is -2.26. The number of hydrogen-bond acceptors (Lipinski definition) is 5. The minimum Gasteiger partial charge on any atom is -0.456 e. The van der Waals surface area contributed by atoms with Crippen LogP contribution in [0.5, 0.6) is 0 Å². The van der Waals surface area contributed by atoms with Crippen molar-refractivity contribution in [3.05, 3.63) is 206 Å². The minimum atomic E-state index is 0.565. The summed E-state index contributed by atoms with van der Waals surface area (Å²) in [5.74, 6) is 1.77. The monoisotopic (exact) mass is 742 g/mol. The van der Waals surface area contributed by atoms with Crippen LogP contribution in [0.25, 0.3) is 88.8 Å². The molecule has 0 fully saturated rings. The molecular weight excluding hydrogens is 709 g/mol. The van der Waals surface area contributed by atoms with Crippen molar-refractivity contribution in [2.75, 3.05) is 4.90 Å². The molecule has 9 aromatic carbocycles. The highest BCUT2D eigenvalue weighted by Gasteiger charge is 2.23. The number of benzene rings is 9. The van der Waals surface area contributed by atoms with E-state index in [0.29, 0.717) is 17.5 Å². The molecule has 0 saturated heterocycles. The third-order valence-electron chi connectivity index (χ3n) is 10.9. The molecule has 0 bridgehead atoms. The maximum Gasteiger partial charge on any atom is 0.164 e. The molecule has 0 radical (unpaired) electrons. The van der Waals surface area contributed by atoms with Gasteiger partial charge < -0.3 is 9.32 Å². The van der Waals surface area contributed by atoms with Gasteiger partial charge in [-0.1, -0.05) is 158 Å². The summed E-state index contributed by atoms with van der Waals surface area (Å²) < 4.78 is 6.69. The number of nitrogens with zero attached hydrogens (tertiary/aromatic N) is 4. The quantitative estimate of drug-likeness (QED) is 0.163. The van der Waals surface area contributed by atoms with E-state index < -0.39 is 0 Å². The van der Waals surface area contributed by atoms with Crippen molar-refractivity contribution in [2.24, 2.45) is 0 Å². The average molecular weight is 743 g/mol. The molecule has 5 heteroatoms. The summed E-state index contributed by atoms with van der Waals surface area (Å²) >= 11 is 0. The van der Waals surface area contributed by atoms with Crippen LogP contribution in [0.2, 0.25) is 0 Å². The van der Waals surface area contributed by atoms with Gasteiger partial charge in [0.15, 0.2) is 17.5 Å². The van der Waals surface area contributed by atoms with E-state index in [9.17, 15) is 0 Å². The summed E-state index contributed by atoms with van der Waals surface area (Å²) in [5.41, 5.74) is 9.60. The Morgan fingerprint density at radius 2 is 0.948 bits per heavy atom. The first-order valence-corrected chi connectivity index (χ1v) is 19.4. The van der Waals surface area contributed by atoms with Crippen LogP contribution in [0, 0.1) is 0 Å². The summed E-state index contributed by atoms with van der Waals surface area (Å²) in [7, 11) is 0. The van der Waals surface area contributed by atoms with Gasteiger partial charge in [0.2, 0.25) is 0 Å². The first-order chi connectivity index (χ1) is 28.7. The number of rotatable bonds is 7. The molecule has 0 aliphatic carbocycles. The zero-order valence-electron chi connectivity index (χ0n) is 31.3. The zero-order valence-corrected chi connectivity index (χ0v) is 31.3. The highest BCUT2D eigenvalue weighted by Crippen LogP contribution is 2.44. The fraction of sp³-hybridized carbons (Fsp3) is 0. The fourth-order valence-electron chi connectivity index (χ4n) is 8.11. The Hall–Kier alpha value is -7.89. The first kappa shape index (κ1) is 33.4. The van der Waals surface area contributed by atoms with Gasteiger partial charge in [-0.15, -0.1) is 0 Å². The van der Waals surface area contributed by atoms with Gasteiger partial charge in [0.1, 0.15) is 11.2 Å². The number of aromatic nitrogens is 3. The molecule has 0 N–H and O–H groups in total. The summed E-state index contributed by atoms with van der Waals surface area (Å²) in [4.78, 5) is 18.0. The predicted octanol–water partition coefficient (Wildman–Crippen LogP) is 14.2. The van der Waals surface area contributed by atoms with E-state index in [1.807, 2.05) is 54.6 Å². The van der Waals surface area contributed by atoms with Crippen LogP contribution in [0.3, 0.4) is 0 Å². The molecule has 2 aromatic heterocycles. The van der Waals surface area contributed by atoms with E-state index in [-0.39, 0.29) is 0 Å². The van der Waals surface area contributed by atoms with Crippen molar-refractivity contribution in [1.29, 1.82) is 0 Å². The van der Waals surface area contributed by atoms with Crippen molar-refractivity contribution in [3.8, 4) is 45.3 Å². The van der Waals surface area contributed by atoms with Gasteiger partial charge in [-0.05, 0) is 75.1 Å². The second-order valence-electron chi connectivity index (χ2n) is 14.4. The maximum absolute atomic E-state index is 6.69. The largest absolute Gasteiger partial charge is 0.456 e. The molecule has 0 saturated carbocycles. The lowest BCUT2D eigenvalue weighted by atomic mass is 10.00. The standard InChI is InChI=1S/C53H34N4O/c1-4-15-35(16-5-1)38-27-28-40-32-42(30-29-39(40)31-38)57(41-21-8-3-9-22-41)43-33-47(50-46-24-12-13-26-48(46)58-49(50)34-43)53-55-51(37-18-6-2-7-19-37)54-52(56-53)45-25-14-20-36-17-10-11-23-44(36)45/h1-34H. The fourth-order valence-corrected chi connectivity index (χ4v) is 8.11. The summed E-state index contributed by atoms with van der Waals surface area (Å²) in [6, 6.07) is 71.6. The number of hydrogen-bond donors (Lipinski definition) is 0. The molecule has 58 heavy (non-hydrogen) atoms. The van der Waals surface area contributed by atoms with Gasteiger partial charge in [0, 0.05) is 44.9 Å². The molecule has 5 nitrogen and oxygen atoms in total. The summed E-state index contributed by atoms with van der Waals surface area (Å²) in [6.07, 6.45) is 0. The Balaban J connectivity index is 1.16. The highest BCUT2D eigenvalue weighted by molar-refractivity contribution is 6.13. The Morgan fingerprint density at radius 1 is 0.328 bits per heavy atom. The molecule has 11 rings (SSSR count). The van der Waals surface area contributed by atoms with Crippen LogP contribution in [0.15, 0.2) is 211 Å². The van der Waals surface area contributed by atoms with Crippen molar-refractivity contribution in [1.82, 2.24) is 15.0 Å². The van der Waals surface area contributed by atoms with Crippen LogP contribution in [0.4, 0.5) is 17.1 Å². The summed E-state index contributed by atoms with van der Waals surface area (Å²) in [6.45, 7) is 0. The Kier molecular flexibility index (Phi) is 8.07. The lowest BCUT2D eigenvalue weighted by Crippen LogP contribution is -2.10. The van der Waals surface area contributed by atoms with E-state index in [1.54, 1.807) is 0 Å². The van der Waals surface area contributed by atoms with E-state index in [2.05, 4.69) is 157 Å². The van der Waals surface area contributed by atoms with Crippen LogP contribution in [0.1, 0.15) is 0 Å². The topological polar surface area (TPSA) is 55.1 Å². The van der Waals surface area contributed by atoms with Gasteiger partial charge >= 0.3 is 0 Å². The molecule has 0 amide bonds. The second kappa shape index (κ2) is 14.0. The second-order valence-corrected chi connectivity index (χ2v) is 14.4. The van der Waals surface area contributed by atoms with Gasteiger partial charge in [-0.2, -0.15) is 0 Å². The smallest absolute Gasteiger partial charge is 0.164 e. The normalized spacial score (nSPS) is 11.4. The van der Waals surface area contributed by atoms with Crippen LogP contribution >= 0.6 is 0 Å². The third kappa shape index (κ3) is 5.94. The van der Waals surface area contributed by atoms with Gasteiger partial charge in [0.25, 0.3) is 0 Å². The molecule has 272 valence electrons. The Bertz CT molecular complexity index is 3280. The average Bonchev–Trinajstić information content (AvgIpc) is 3.68. The molecule has 0 atom stereocenters. The molecule has 11 aromatic rings. The molecule has 0 unspecified atom stereocenters. The molecule has 2 heterocycles. The van der Waals surface area contributed by atoms with E-state index >= 15 is 0 Å². The Labute approximate surface area is 335 Å². The zero-order chi connectivity index (χ0) is 38.4. The van der Waals surface area contributed by atoms with Crippen LogP contribution in [-0.2, 0) is 0 Å². The highest BCUT2D eigenvalue weighted by atomic mass is 16.3. The SMILES string of the molecule is c1ccc(-c2ccc3cc(N(c4ccccc4)c4cc(-c5nc(-c6ccccc6)nc(-c6cccc7ccccc67)n5)c5c(c4)oc4ccccc45)ccc3c2)cc1. The van der Waals surface area contributed by atoms with E-state index in [4.69, 9.17) is 19.4 Å². The summed E-state index contributed by atoms with van der Waals surface area (Å²) in [5, 5.41) is 6.47. The molecule has 0 spiro atoms. The van der Waals surface area contributed by atoms with Crippen LogP contribution in [-0.4, -0.2) is 15.0 Å². The Morgan fingerprint density at radius 3 is 1.76 bits per heavy atom. The number of anilines is 3. The first-order valence-electron chi connectivity index (χ1n) is 19.4. The molecule has 0 aliphatic heterocycles. The van der Waals surface area contributed by atoms with Gasteiger partial charge in [-0.25, -0.2) is 15.0 Å². The lowest BCUT2D eigenvalue weighted by molar-refractivity contribution is 0.669. The maximum atomic E-state index is 6.69. The van der Waals surface area contributed by atoms with Gasteiger partial charge in [-0.3, -0.25) is 0 Å². The predicted molar refractivity (Wildman–Crippen MR) is 239 cm³/mol. The number of furan rings is 1. The van der Waals surface area contributed by atoms with E-state index in [0.717, 1.165) is 71.8 Å². The number of para-hydroxylation sites is 2.